The Balaban J connectivity index is 1.90. The third-order valence-electron chi connectivity index (χ3n) is 4.49. The van der Waals surface area contributed by atoms with E-state index in [1.165, 1.54) is 11.1 Å². The fourth-order valence-corrected chi connectivity index (χ4v) is 3.26. The molecule has 0 saturated carbocycles. The van der Waals surface area contributed by atoms with Crippen molar-refractivity contribution in [2.24, 2.45) is 0 Å². The monoisotopic (exact) mass is 321 g/mol. The minimum atomic E-state index is 0.817. The zero-order chi connectivity index (χ0) is 17.1. The Bertz CT molecular complexity index is 989. The molecule has 0 radical (unpaired) electrons. The number of anilines is 1. The van der Waals surface area contributed by atoms with Crippen LogP contribution in [0.1, 0.15) is 0 Å². The summed E-state index contributed by atoms with van der Waals surface area (Å²) in [7, 11) is 0. The largest absolute Gasteiger partial charge is 0.398 e. The lowest BCUT2D eigenvalue weighted by Crippen LogP contribution is -1.95. The second kappa shape index (κ2) is 6.66. The summed E-state index contributed by atoms with van der Waals surface area (Å²) in [5.74, 6) is 0. The number of nitrogen functional groups attached to an aromatic ring is 1. The van der Waals surface area contributed by atoms with Gasteiger partial charge in [0.1, 0.15) is 0 Å². The highest BCUT2D eigenvalue weighted by Crippen LogP contribution is 2.39. The maximum atomic E-state index is 6.59. The normalized spacial score (nSPS) is 10.6. The number of hydrogen-bond acceptors (Lipinski definition) is 1. The molecule has 120 valence electrons. The SMILES string of the molecule is Nc1c(-c2ccccc2)cccc1-c1ccccc1-c1ccccc1. The van der Waals surface area contributed by atoms with Crippen molar-refractivity contribution in [2.45, 2.75) is 0 Å². The Morgan fingerprint density at radius 3 is 1.44 bits per heavy atom. The number of benzene rings is 4. The van der Waals surface area contributed by atoms with Crippen LogP contribution >= 0.6 is 0 Å². The van der Waals surface area contributed by atoms with Crippen LogP contribution in [0.25, 0.3) is 33.4 Å². The molecule has 0 aromatic heterocycles. The van der Waals surface area contributed by atoms with Crippen LogP contribution in [0.2, 0.25) is 0 Å². The molecule has 0 amide bonds. The molecule has 1 nitrogen and oxygen atoms in total. The van der Waals surface area contributed by atoms with Crippen molar-refractivity contribution in [3.63, 3.8) is 0 Å². The van der Waals surface area contributed by atoms with Gasteiger partial charge >= 0.3 is 0 Å². The molecule has 0 fully saturated rings. The van der Waals surface area contributed by atoms with Crippen molar-refractivity contribution in [2.75, 3.05) is 5.73 Å². The first kappa shape index (κ1) is 15.2. The minimum absolute atomic E-state index is 0.817. The fourth-order valence-electron chi connectivity index (χ4n) is 3.26. The quantitative estimate of drug-likeness (QED) is 0.442. The van der Waals surface area contributed by atoms with Gasteiger partial charge in [0.15, 0.2) is 0 Å². The number of hydrogen-bond donors (Lipinski definition) is 1. The molecule has 0 heterocycles. The molecule has 0 aliphatic carbocycles. The predicted molar refractivity (Wildman–Crippen MR) is 107 cm³/mol. The van der Waals surface area contributed by atoms with Crippen LogP contribution in [0.4, 0.5) is 5.69 Å². The van der Waals surface area contributed by atoms with Crippen molar-refractivity contribution < 1.29 is 0 Å². The van der Waals surface area contributed by atoms with Gasteiger partial charge in [-0.2, -0.15) is 0 Å². The summed E-state index contributed by atoms with van der Waals surface area (Å²) in [5, 5.41) is 0. The average molecular weight is 321 g/mol. The molecule has 1 heteroatoms. The molecule has 25 heavy (non-hydrogen) atoms. The summed E-state index contributed by atoms with van der Waals surface area (Å²) in [6.07, 6.45) is 0. The van der Waals surface area contributed by atoms with Crippen LogP contribution < -0.4 is 5.73 Å². The third-order valence-corrected chi connectivity index (χ3v) is 4.49. The van der Waals surface area contributed by atoms with Gasteiger partial charge in [0.25, 0.3) is 0 Å². The van der Waals surface area contributed by atoms with Crippen LogP contribution in [0.15, 0.2) is 103 Å². The topological polar surface area (TPSA) is 26.0 Å². The van der Waals surface area contributed by atoms with Gasteiger partial charge in [0.05, 0.1) is 0 Å². The van der Waals surface area contributed by atoms with E-state index in [-0.39, 0.29) is 0 Å². The Kier molecular flexibility index (Phi) is 4.05. The lowest BCUT2D eigenvalue weighted by Gasteiger charge is -2.15. The molecule has 0 aliphatic rings. The Hall–Kier alpha value is -3.32. The van der Waals surface area contributed by atoms with Crippen molar-refractivity contribution >= 4 is 5.69 Å². The highest BCUT2D eigenvalue weighted by Gasteiger charge is 2.12. The molecule has 0 atom stereocenters. The average Bonchev–Trinajstić information content (AvgIpc) is 2.70. The second-order valence-corrected chi connectivity index (χ2v) is 6.04. The van der Waals surface area contributed by atoms with Gasteiger partial charge in [-0.05, 0) is 22.3 Å². The first-order valence-electron chi connectivity index (χ1n) is 8.43. The fraction of sp³-hybridized carbons (Fsp3) is 0. The van der Waals surface area contributed by atoms with Crippen molar-refractivity contribution in [1.82, 2.24) is 0 Å². The van der Waals surface area contributed by atoms with Crippen molar-refractivity contribution in [3.05, 3.63) is 103 Å². The van der Waals surface area contributed by atoms with E-state index in [2.05, 4.69) is 78.9 Å². The van der Waals surface area contributed by atoms with Crippen LogP contribution in [0, 0.1) is 0 Å². The third kappa shape index (κ3) is 2.92. The van der Waals surface area contributed by atoms with E-state index in [9.17, 15) is 0 Å². The minimum Gasteiger partial charge on any atom is -0.398 e. The maximum Gasteiger partial charge on any atom is 0.0473 e. The summed E-state index contributed by atoms with van der Waals surface area (Å²) < 4.78 is 0. The predicted octanol–water partition coefficient (Wildman–Crippen LogP) is 6.27. The van der Waals surface area contributed by atoms with E-state index in [1.807, 2.05) is 24.3 Å². The summed E-state index contributed by atoms with van der Waals surface area (Å²) in [5.41, 5.74) is 14.2. The van der Waals surface area contributed by atoms with Gasteiger partial charge in [-0.1, -0.05) is 103 Å². The zero-order valence-corrected chi connectivity index (χ0v) is 13.9. The van der Waals surface area contributed by atoms with E-state index in [0.29, 0.717) is 0 Å². The van der Waals surface area contributed by atoms with Gasteiger partial charge in [-0.3, -0.25) is 0 Å². The molecule has 2 N–H and O–H groups in total. The van der Waals surface area contributed by atoms with Crippen molar-refractivity contribution in [3.8, 4) is 33.4 Å². The van der Waals surface area contributed by atoms with Crippen LogP contribution in [0.5, 0.6) is 0 Å². The van der Waals surface area contributed by atoms with Gasteiger partial charge in [0, 0.05) is 16.8 Å². The number of para-hydroxylation sites is 1. The highest BCUT2D eigenvalue weighted by molar-refractivity contribution is 5.94. The smallest absolute Gasteiger partial charge is 0.0473 e. The molecule has 0 aliphatic heterocycles. The molecular formula is C24H19N. The summed E-state index contributed by atoms with van der Waals surface area (Å²) in [6.45, 7) is 0. The zero-order valence-electron chi connectivity index (χ0n) is 13.9. The molecule has 0 spiro atoms. The molecule has 0 saturated heterocycles. The Labute approximate surface area is 148 Å². The molecule has 0 unspecified atom stereocenters. The highest BCUT2D eigenvalue weighted by atomic mass is 14.6. The van der Waals surface area contributed by atoms with Gasteiger partial charge in [0.2, 0.25) is 0 Å². The molecule has 4 rings (SSSR count). The first-order valence-corrected chi connectivity index (χ1v) is 8.43. The first-order chi connectivity index (χ1) is 12.3. The summed E-state index contributed by atoms with van der Waals surface area (Å²) >= 11 is 0. The van der Waals surface area contributed by atoms with E-state index in [0.717, 1.165) is 27.9 Å². The van der Waals surface area contributed by atoms with Crippen LogP contribution in [0.3, 0.4) is 0 Å². The molecule has 0 bridgehead atoms. The Morgan fingerprint density at radius 2 is 0.800 bits per heavy atom. The summed E-state index contributed by atoms with van der Waals surface area (Å²) in [6, 6.07) is 35.4. The van der Waals surface area contributed by atoms with E-state index in [1.54, 1.807) is 0 Å². The second-order valence-electron chi connectivity index (χ2n) is 6.04. The Morgan fingerprint density at radius 1 is 0.360 bits per heavy atom. The van der Waals surface area contributed by atoms with E-state index >= 15 is 0 Å². The molecule has 4 aromatic rings. The van der Waals surface area contributed by atoms with Gasteiger partial charge in [-0.15, -0.1) is 0 Å². The van der Waals surface area contributed by atoms with Gasteiger partial charge in [-0.25, -0.2) is 0 Å². The van der Waals surface area contributed by atoms with Crippen LogP contribution in [-0.2, 0) is 0 Å². The van der Waals surface area contributed by atoms with E-state index in [4.69, 9.17) is 5.73 Å². The number of nitrogens with two attached hydrogens (primary N) is 1. The molecule has 4 aromatic carbocycles. The van der Waals surface area contributed by atoms with Gasteiger partial charge < -0.3 is 5.73 Å². The molecular weight excluding hydrogens is 302 g/mol. The van der Waals surface area contributed by atoms with Crippen molar-refractivity contribution in [1.29, 1.82) is 0 Å². The number of rotatable bonds is 3. The maximum absolute atomic E-state index is 6.59. The van der Waals surface area contributed by atoms with E-state index < -0.39 is 0 Å². The lowest BCUT2D eigenvalue weighted by molar-refractivity contribution is 1.56. The summed E-state index contributed by atoms with van der Waals surface area (Å²) in [4.78, 5) is 0. The van der Waals surface area contributed by atoms with Crippen LogP contribution in [-0.4, -0.2) is 0 Å². The lowest BCUT2D eigenvalue weighted by atomic mass is 9.91. The standard InChI is InChI=1S/C24H19N/c25-24-21(19-12-5-2-6-13-19)16-9-17-23(24)22-15-8-7-14-20(22)18-10-3-1-4-11-18/h1-17H,25H2.